The molecule has 3 nitrogen and oxygen atoms in total. The summed E-state index contributed by atoms with van der Waals surface area (Å²) in [6.45, 7) is 0.583. The summed E-state index contributed by atoms with van der Waals surface area (Å²) in [5.41, 5.74) is 7.29. The minimum absolute atomic E-state index is 0.319. The van der Waals surface area contributed by atoms with Crippen molar-refractivity contribution in [3.63, 3.8) is 0 Å². The average molecular weight is 405 g/mol. The predicted molar refractivity (Wildman–Crippen MR) is 82.9 cm³/mol. The minimum atomic E-state index is -0.319. The van der Waals surface area contributed by atoms with Crippen LogP contribution in [0.15, 0.2) is 32.5 Å². The van der Waals surface area contributed by atoms with Gasteiger partial charge >= 0.3 is 0 Å². The van der Waals surface area contributed by atoms with Crippen LogP contribution in [0.1, 0.15) is 4.88 Å². The summed E-state index contributed by atoms with van der Waals surface area (Å²) in [6.07, 6.45) is 0. The summed E-state index contributed by atoms with van der Waals surface area (Å²) in [7, 11) is 0. The molecule has 0 fully saturated rings. The second-order valence-corrected chi connectivity index (χ2v) is 7.42. The molecule has 0 bridgehead atoms. The lowest BCUT2D eigenvalue weighted by Gasteiger charge is -2.04. The third-order valence-electron chi connectivity index (χ3n) is 2.76. The summed E-state index contributed by atoms with van der Waals surface area (Å²) < 4.78 is 16.9. The van der Waals surface area contributed by atoms with Crippen LogP contribution in [0.5, 0.6) is 0 Å². The quantitative estimate of drug-likeness (QED) is 0.688. The number of thiophene rings is 1. The Morgan fingerprint density at radius 2 is 2.11 bits per heavy atom. The van der Waals surface area contributed by atoms with Gasteiger partial charge in [-0.3, -0.25) is 0 Å². The number of hydrogen-bond acceptors (Lipinski definition) is 3. The molecule has 1 aromatic carbocycles. The summed E-state index contributed by atoms with van der Waals surface area (Å²) in [4.78, 5) is 5.38. The Balaban J connectivity index is 2.12. The number of nitrogen functional groups attached to an aromatic ring is 1. The number of fused-ring (bicyclic) bond motifs is 1. The molecule has 0 radical (unpaired) electrons. The molecule has 0 aliphatic carbocycles. The number of nitrogens with two attached hydrogens (primary N) is 1. The molecule has 19 heavy (non-hydrogen) atoms. The zero-order chi connectivity index (χ0) is 13.6. The molecular formula is C12H8Br2FN3S. The fourth-order valence-electron chi connectivity index (χ4n) is 1.90. The maximum Gasteiger partial charge on any atom is 0.201 e. The maximum absolute atomic E-state index is 13.6. The van der Waals surface area contributed by atoms with E-state index < -0.39 is 0 Å². The number of nitrogens with zero attached hydrogens (tertiary/aromatic N) is 2. The Morgan fingerprint density at radius 3 is 2.79 bits per heavy atom. The fourth-order valence-corrected chi connectivity index (χ4v) is 3.70. The highest BCUT2D eigenvalue weighted by Crippen LogP contribution is 2.28. The predicted octanol–water partition coefficient (Wildman–Crippen LogP) is 4.39. The number of anilines is 1. The van der Waals surface area contributed by atoms with Gasteiger partial charge in [0, 0.05) is 10.9 Å². The van der Waals surface area contributed by atoms with E-state index in [1.54, 1.807) is 17.4 Å². The minimum Gasteiger partial charge on any atom is -0.369 e. The molecule has 3 rings (SSSR count). The molecule has 0 spiro atoms. The Hall–Kier alpha value is -0.920. The van der Waals surface area contributed by atoms with Crippen LogP contribution >= 0.6 is 43.2 Å². The normalized spacial score (nSPS) is 11.3. The SMILES string of the molecule is Nc1nc2cc(Br)c(F)cc2n1Cc1ccc(Br)s1. The van der Waals surface area contributed by atoms with Gasteiger partial charge in [-0.2, -0.15) is 0 Å². The lowest BCUT2D eigenvalue weighted by molar-refractivity contribution is 0.622. The Morgan fingerprint density at radius 1 is 1.32 bits per heavy atom. The zero-order valence-electron chi connectivity index (χ0n) is 9.53. The molecule has 7 heteroatoms. The number of rotatable bonds is 2. The van der Waals surface area contributed by atoms with Gasteiger partial charge < -0.3 is 10.3 Å². The van der Waals surface area contributed by atoms with E-state index in [2.05, 4.69) is 36.8 Å². The third kappa shape index (κ3) is 2.42. The van der Waals surface area contributed by atoms with E-state index in [1.165, 1.54) is 6.07 Å². The van der Waals surface area contributed by atoms with Crippen molar-refractivity contribution < 1.29 is 4.39 Å². The van der Waals surface area contributed by atoms with Gasteiger partial charge in [0.2, 0.25) is 5.95 Å². The first-order valence-electron chi connectivity index (χ1n) is 5.39. The maximum atomic E-state index is 13.6. The molecular weight excluding hydrogens is 397 g/mol. The molecule has 0 amide bonds. The molecule has 0 aliphatic heterocycles. The number of aromatic nitrogens is 2. The van der Waals surface area contributed by atoms with Crippen molar-refractivity contribution in [1.82, 2.24) is 9.55 Å². The van der Waals surface area contributed by atoms with Crippen molar-refractivity contribution in [3.8, 4) is 0 Å². The number of hydrogen-bond donors (Lipinski definition) is 1. The van der Waals surface area contributed by atoms with Gasteiger partial charge in [0.05, 0.1) is 25.8 Å². The molecule has 0 saturated heterocycles. The number of imidazole rings is 1. The van der Waals surface area contributed by atoms with Crippen LogP contribution in [0, 0.1) is 5.82 Å². The molecule has 0 saturated carbocycles. The van der Waals surface area contributed by atoms with E-state index in [1.807, 2.05) is 16.7 Å². The van der Waals surface area contributed by atoms with Crippen LogP contribution in [-0.2, 0) is 6.54 Å². The zero-order valence-corrected chi connectivity index (χ0v) is 13.5. The fraction of sp³-hybridized carbons (Fsp3) is 0.0833. The van der Waals surface area contributed by atoms with E-state index in [0.29, 0.717) is 28.0 Å². The highest BCUT2D eigenvalue weighted by molar-refractivity contribution is 9.11. The molecule has 0 unspecified atom stereocenters. The summed E-state index contributed by atoms with van der Waals surface area (Å²) in [6, 6.07) is 7.08. The van der Waals surface area contributed by atoms with E-state index in [9.17, 15) is 4.39 Å². The van der Waals surface area contributed by atoms with E-state index >= 15 is 0 Å². The van der Waals surface area contributed by atoms with Crippen LogP contribution in [0.25, 0.3) is 11.0 Å². The molecule has 0 atom stereocenters. The molecule has 3 aromatic rings. The van der Waals surface area contributed by atoms with E-state index in [0.717, 1.165) is 8.66 Å². The largest absolute Gasteiger partial charge is 0.369 e. The first-order chi connectivity index (χ1) is 9.04. The van der Waals surface area contributed by atoms with Crippen LogP contribution in [0.2, 0.25) is 0 Å². The van der Waals surface area contributed by atoms with Crippen molar-refractivity contribution in [2.45, 2.75) is 6.54 Å². The lowest BCUT2D eigenvalue weighted by atomic mass is 10.3. The summed E-state index contributed by atoms with van der Waals surface area (Å²) >= 11 is 8.19. The standard InChI is InChI=1S/C12H8Br2FN3S/c13-7-3-9-10(4-8(7)15)18(12(16)17-9)5-6-1-2-11(14)19-6/h1-4H,5H2,(H2,16,17). The second kappa shape index (κ2) is 4.88. The highest BCUT2D eigenvalue weighted by atomic mass is 79.9. The van der Waals surface area contributed by atoms with Gasteiger partial charge in [0.25, 0.3) is 0 Å². The van der Waals surface area contributed by atoms with E-state index in [4.69, 9.17) is 5.73 Å². The van der Waals surface area contributed by atoms with Crippen LogP contribution in [0.3, 0.4) is 0 Å². The smallest absolute Gasteiger partial charge is 0.201 e. The van der Waals surface area contributed by atoms with Crippen molar-refractivity contribution in [2.75, 3.05) is 5.73 Å². The molecule has 0 aliphatic rings. The summed E-state index contributed by atoms with van der Waals surface area (Å²) in [5, 5.41) is 0. The van der Waals surface area contributed by atoms with Gasteiger partial charge in [-0.1, -0.05) is 0 Å². The second-order valence-electron chi connectivity index (χ2n) is 4.02. The number of halogens is 3. The molecule has 2 aromatic heterocycles. The topological polar surface area (TPSA) is 43.8 Å². The molecule has 2 heterocycles. The third-order valence-corrected chi connectivity index (χ3v) is 4.98. The molecule has 2 N–H and O–H groups in total. The van der Waals surface area contributed by atoms with Crippen molar-refractivity contribution in [2.24, 2.45) is 0 Å². The van der Waals surface area contributed by atoms with Gasteiger partial charge in [0.1, 0.15) is 5.82 Å². The lowest BCUT2D eigenvalue weighted by Crippen LogP contribution is -2.03. The van der Waals surface area contributed by atoms with Crippen LogP contribution < -0.4 is 5.73 Å². The Kier molecular flexibility index (Phi) is 3.36. The van der Waals surface area contributed by atoms with Gasteiger partial charge in [-0.25, -0.2) is 9.37 Å². The monoisotopic (exact) mass is 403 g/mol. The van der Waals surface area contributed by atoms with Gasteiger partial charge in [0.15, 0.2) is 0 Å². The van der Waals surface area contributed by atoms with Crippen LogP contribution in [-0.4, -0.2) is 9.55 Å². The van der Waals surface area contributed by atoms with E-state index in [-0.39, 0.29) is 5.82 Å². The molecule has 98 valence electrons. The van der Waals surface area contributed by atoms with Crippen molar-refractivity contribution in [3.05, 3.63) is 43.2 Å². The van der Waals surface area contributed by atoms with Gasteiger partial charge in [-0.15, -0.1) is 11.3 Å². The van der Waals surface area contributed by atoms with Crippen molar-refractivity contribution in [1.29, 1.82) is 0 Å². The average Bonchev–Trinajstić information content (AvgIpc) is 2.87. The van der Waals surface area contributed by atoms with Crippen LogP contribution in [0.4, 0.5) is 10.3 Å². The Bertz CT molecular complexity index is 766. The Labute approximate surface area is 129 Å². The highest BCUT2D eigenvalue weighted by Gasteiger charge is 2.12. The number of benzene rings is 1. The van der Waals surface area contributed by atoms with Crippen molar-refractivity contribution >= 4 is 60.2 Å². The summed E-state index contributed by atoms with van der Waals surface area (Å²) in [5.74, 6) is 0.0676. The van der Waals surface area contributed by atoms with Gasteiger partial charge in [-0.05, 0) is 50.1 Å². The first-order valence-corrected chi connectivity index (χ1v) is 7.80. The first kappa shape index (κ1) is 13.1.